The molecule has 8 nitrogen and oxygen atoms in total. The van der Waals surface area contributed by atoms with Gasteiger partial charge >= 0.3 is 0 Å². The van der Waals surface area contributed by atoms with Crippen LogP contribution in [0.2, 0.25) is 0 Å². The maximum atomic E-state index is 13.2. The number of hydrogen-bond acceptors (Lipinski definition) is 6. The summed E-state index contributed by atoms with van der Waals surface area (Å²) in [6, 6.07) is 15.1. The molecular formula is C25H25N5O3. The van der Waals surface area contributed by atoms with Crippen LogP contribution in [0.4, 0.5) is 0 Å². The quantitative estimate of drug-likeness (QED) is 0.466. The molecule has 8 heteroatoms. The number of hydrogen-bond donors (Lipinski definition) is 1. The maximum Gasteiger partial charge on any atom is 0.274 e. The molecule has 2 heterocycles. The third kappa shape index (κ3) is 4.55. The minimum absolute atomic E-state index is 0.211. The molecule has 0 saturated carbocycles. The molecular weight excluding hydrogens is 418 g/mol. The lowest BCUT2D eigenvalue weighted by Gasteiger charge is -2.12. The van der Waals surface area contributed by atoms with Crippen LogP contribution < -0.4 is 14.8 Å². The Bertz CT molecular complexity index is 1280. The number of nitrogens with one attached hydrogen (secondary N) is 1. The number of aryl methyl sites for hydroxylation is 2. The van der Waals surface area contributed by atoms with Gasteiger partial charge in [-0.15, -0.1) is 5.10 Å². The number of carbonyl (C=O) groups excluding carboxylic acids is 1. The summed E-state index contributed by atoms with van der Waals surface area (Å²) in [4.78, 5) is 17.4. The first-order valence-electron chi connectivity index (χ1n) is 10.4. The smallest absolute Gasteiger partial charge is 0.274 e. The Morgan fingerprint density at radius 2 is 1.88 bits per heavy atom. The van der Waals surface area contributed by atoms with Gasteiger partial charge in [0, 0.05) is 30.1 Å². The lowest BCUT2D eigenvalue weighted by molar-refractivity contribution is 0.0946. The van der Waals surface area contributed by atoms with Crippen LogP contribution in [0.3, 0.4) is 0 Å². The highest BCUT2D eigenvalue weighted by molar-refractivity contribution is 5.98. The number of methoxy groups -OCH3 is 2. The van der Waals surface area contributed by atoms with E-state index in [9.17, 15) is 4.79 Å². The van der Waals surface area contributed by atoms with E-state index >= 15 is 0 Å². The Morgan fingerprint density at radius 3 is 2.58 bits per heavy atom. The van der Waals surface area contributed by atoms with Crippen molar-refractivity contribution in [1.29, 1.82) is 0 Å². The molecule has 4 rings (SSSR count). The number of amides is 1. The second-order valence-electron chi connectivity index (χ2n) is 7.57. The molecule has 0 spiro atoms. The zero-order valence-electron chi connectivity index (χ0n) is 19.0. The fourth-order valence-corrected chi connectivity index (χ4v) is 3.51. The first kappa shape index (κ1) is 22.0. The number of nitrogens with zero attached hydrogens (tertiary/aromatic N) is 4. The van der Waals surface area contributed by atoms with Crippen LogP contribution in [0.15, 0.2) is 60.9 Å². The SMILES string of the molecule is COc1ccc(OC)c(CNC(=O)c2nnn(-c3ccc(C)c(C)c3)c2-c2cccnc2)c1. The van der Waals surface area contributed by atoms with Crippen molar-refractivity contribution in [3.05, 3.63) is 83.3 Å². The van der Waals surface area contributed by atoms with E-state index in [1.807, 2.05) is 50.2 Å². The second-order valence-corrected chi connectivity index (χ2v) is 7.57. The van der Waals surface area contributed by atoms with E-state index in [0.29, 0.717) is 17.2 Å². The molecule has 0 fully saturated rings. The lowest BCUT2D eigenvalue weighted by Crippen LogP contribution is -2.24. The summed E-state index contributed by atoms with van der Waals surface area (Å²) in [6.45, 7) is 4.32. The fraction of sp³-hybridized carbons (Fsp3) is 0.200. The van der Waals surface area contributed by atoms with Gasteiger partial charge in [0.1, 0.15) is 17.2 Å². The Labute approximate surface area is 192 Å². The number of ether oxygens (including phenoxy) is 2. The summed E-state index contributed by atoms with van der Waals surface area (Å²) in [5.74, 6) is 0.980. The lowest BCUT2D eigenvalue weighted by atomic mass is 10.1. The van der Waals surface area contributed by atoms with Crippen molar-refractivity contribution >= 4 is 5.91 Å². The van der Waals surface area contributed by atoms with Gasteiger partial charge in [-0.3, -0.25) is 9.78 Å². The number of rotatable bonds is 7. The summed E-state index contributed by atoms with van der Waals surface area (Å²) in [5, 5.41) is 11.5. The predicted octanol–water partition coefficient (Wildman–Crippen LogP) is 3.89. The number of pyridine rings is 1. The van der Waals surface area contributed by atoms with Crippen molar-refractivity contribution in [2.24, 2.45) is 0 Å². The predicted molar refractivity (Wildman–Crippen MR) is 125 cm³/mol. The number of carbonyl (C=O) groups is 1. The zero-order valence-corrected chi connectivity index (χ0v) is 19.0. The molecule has 0 radical (unpaired) electrons. The van der Waals surface area contributed by atoms with Crippen LogP contribution in [0.1, 0.15) is 27.2 Å². The van der Waals surface area contributed by atoms with E-state index in [4.69, 9.17) is 9.47 Å². The van der Waals surface area contributed by atoms with Crippen molar-refractivity contribution in [1.82, 2.24) is 25.3 Å². The van der Waals surface area contributed by atoms with Gasteiger partial charge in [0.15, 0.2) is 5.69 Å². The molecule has 2 aromatic carbocycles. The van der Waals surface area contributed by atoms with Gasteiger partial charge in [0.2, 0.25) is 0 Å². The first-order chi connectivity index (χ1) is 16.0. The molecule has 0 aliphatic carbocycles. The minimum atomic E-state index is -0.353. The summed E-state index contributed by atoms with van der Waals surface area (Å²) >= 11 is 0. The summed E-state index contributed by atoms with van der Waals surface area (Å²) in [6.07, 6.45) is 3.38. The van der Waals surface area contributed by atoms with Gasteiger partial charge in [0.25, 0.3) is 5.91 Å². The molecule has 1 N–H and O–H groups in total. The summed E-state index contributed by atoms with van der Waals surface area (Å²) < 4.78 is 12.4. The van der Waals surface area contributed by atoms with Crippen LogP contribution in [0.5, 0.6) is 11.5 Å². The normalized spacial score (nSPS) is 10.7. The maximum absolute atomic E-state index is 13.2. The molecule has 33 heavy (non-hydrogen) atoms. The van der Waals surface area contributed by atoms with Crippen LogP contribution in [0.25, 0.3) is 16.9 Å². The van der Waals surface area contributed by atoms with E-state index in [0.717, 1.165) is 22.4 Å². The van der Waals surface area contributed by atoms with Gasteiger partial charge in [-0.1, -0.05) is 11.3 Å². The second kappa shape index (κ2) is 9.52. The Hall–Kier alpha value is -4.20. The molecule has 0 atom stereocenters. The third-order valence-corrected chi connectivity index (χ3v) is 5.48. The van der Waals surface area contributed by atoms with Gasteiger partial charge in [-0.2, -0.15) is 0 Å². The Morgan fingerprint density at radius 1 is 1.03 bits per heavy atom. The van der Waals surface area contributed by atoms with Gasteiger partial charge in [-0.25, -0.2) is 4.68 Å². The van der Waals surface area contributed by atoms with Crippen LogP contribution in [-0.4, -0.2) is 40.1 Å². The molecule has 0 saturated heterocycles. The summed E-state index contributed by atoms with van der Waals surface area (Å²) in [7, 11) is 3.18. The van der Waals surface area contributed by atoms with E-state index < -0.39 is 0 Å². The van der Waals surface area contributed by atoms with Crippen molar-refractivity contribution in [2.75, 3.05) is 14.2 Å². The number of benzene rings is 2. The standard InChI is InChI=1S/C25H25N5O3/c1-16-7-8-20(12-17(16)2)30-24(18-6-5-11-26-14-18)23(28-29-30)25(31)27-15-19-13-21(32-3)9-10-22(19)33-4/h5-14H,15H2,1-4H3,(H,27,31). The van der Waals surface area contributed by atoms with Gasteiger partial charge in [-0.05, 0) is 67.4 Å². The molecule has 0 aliphatic rings. The molecule has 168 valence electrons. The van der Waals surface area contributed by atoms with Crippen LogP contribution in [-0.2, 0) is 6.54 Å². The van der Waals surface area contributed by atoms with E-state index in [2.05, 4.69) is 20.6 Å². The van der Waals surface area contributed by atoms with Crippen molar-refractivity contribution in [3.63, 3.8) is 0 Å². The monoisotopic (exact) mass is 443 g/mol. The largest absolute Gasteiger partial charge is 0.497 e. The van der Waals surface area contributed by atoms with Crippen LogP contribution in [0, 0.1) is 13.8 Å². The Balaban J connectivity index is 1.70. The fourth-order valence-electron chi connectivity index (χ4n) is 3.51. The van der Waals surface area contributed by atoms with E-state index in [-0.39, 0.29) is 18.1 Å². The van der Waals surface area contributed by atoms with E-state index in [1.165, 1.54) is 5.56 Å². The third-order valence-electron chi connectivity index (χ3n) is 5.48. The van der Waals surface area contributed by atoms with E-state index in [1.54, 1.807) is 43.4 Å². The molecule has 4 aromatic rings. The molecule has 0 aliphatic heterocycles. The van der Waals surface area contributed by atoms with Crippen molar-refractivity contribution in [3.8, 4) is 28.4 Å². The average Bonchev–Trinajstić information content (AvgIpc) is 3.30. The Kier molecular flexibility index (Phi) is 6.35. The average molecular weight is 444 g/mol. The topological polar surface area (TPSA) is 91.2 Å². The van der Waals surface area contributed by atoms with Gasteiger partial charge in [0.05, 0.1) is 19.9 Å². The highest BCUT2D eigenvalue weighted by atomic mass is 16.5. The molecule has 2 aromatic heterocycles. The summed E-state index contributed by atoms with van der Waals surface area (Å²) in [5.41, 5.74) is 5.42. The molecule has 0 bridgehead atoms. The molecule has 0 unspecified atom stereocenters. The number of aromatic nitrogens is 4. The van der Waals surface area contributed by atoms with Crippen LogP contribution >= 0.6 is 0 Å². The first-order valence-corrected chi connectivity index (χ1v) is 10.4. The minimum Gasteiger partial charge on any atom is -0.497 e. The van der Waals surface area contributed by atoms with Gasteiger partial charge < -0.3 is 14.8 Å². The molecule has 1 amide bonds. The highest BCUT2D eigenvalue weighted by Gasteiger charge is 2.23. The highest BCUT2D eigenvalue weighted by Crippen LogP contribution is 2.27. The van der Waals surface area contributed by atoms with Crippen molar-refractivity contribution < 1.29 is 14.3 Å². The zero-order chi connectivity index (χ0) is 23.4. The van der Waals surface area contributed by atoms with Crippen molar-refractivity contribution in [2.45, 2.75) is 20.4 Å².